The number of hydrogen-bond acceptors (Lipinski definition) is 2. The van der Waals surface area contributed by atoms with E-state index in [-0.39, 0.29) is 0 Å². The Kier molecular flexibility index (Phi) is 5.07. The van der Waals surface area contributed by atoms with Crippen molar-refractivity contribution in [2.45, 2.75) is 4.90 Å². The van der Waals surface area contributed by atoms with Crippen LogP contribution in [0.3, 0.4) is 0 Å². The van der Waals surface area contributed by atoms with Gasteiger partial charge in [0.25, 0.3) is 0 Å². The number of benzene rings is 1. The Balaban J connectivity index is 2.25. The van der Waals surface area contributed by atoms with Crippen LogP contribution >= 0.6 is 35.6 Å². The highest BCUT2D eigenvalue weighted by atomic mass is 35.5. The molecule has 14 heavy (non-hydrogen) atoms. The molecule has 0 aliphatic rings. The van der Waals surface area contributed by atoms with Gasteiger partial charge in [-0.15, -0.1) is 11.8 Å². The number of nitrogens with one attached hydrogen (secondary N) is 1. The summed E-state index contributed by atoms with van der Waals surface area (Å²) >= 11 is 12.2. The number of halogens is 1. The number of nitrogens with two attached hydrogens (primary N) is 1. The average molecular weight is 247 g/mol. The minimum atomic E-state index is 0.349. The van der Waals surface area contributed by atoms with Gasteiger partial charge in [0.15, 0.2) is 5.11 Å². The Hall–Kier alpha value is -0.450. The number of hydrogen-bond donors (Lipinski definition) is 2. The zero-order valence-corrected chi connectivity index (χ0v) is 9.88. The molecule has 1 aromatic carbocycles. The summed E-state index contributed by atoms with van der Waals surface area (Å²) in [5, 5.41) is 4.00. The predicted molar refractivity (Wildman–Crippen MR) is 67.0 cm³/mol. The maximum atomic E-state index is 5.76. The number of thioether (sulfide) groups is 1. The molecular formula is C9H11ClN2S2. The fraction of sp³-hybridized carbons (Fsp3) is 0.222. The molecule has 0 aromatic heterocycles. The van der Waals surface area contributed by atoms with Crippen LogP contribution < -0.4 is 11.1 Å². The van der Waals surface area contributed by atoms with Gasteiger partial charge < -0.3 is 11.1 Å². The molecule has 0 amide bonds. The molecular weight excluding hydrogens is 236 g/mol. The molecule has 0 bridgehead atoms. The second-order valence-corrected chi connectivity index (χ2v) is 4.64. The minimum absolute atomic E-state index is 0.349. The molecule has 0 heterocycles. The summed E-state index contributed by atoms with van der Waals surface area (Å²) in [5.41, 5.74) is 5.29. The van der Waals surface area contributed by atoms with Crippen molar-refractivity contribution in [1.82, 2.24) is 5.32 Å². The monoisotopic (exact) mass is 246 g/mol. The van der Waals surface area contributed by atoms with Crippen LogP contribution in [0, 0.1) is 0 Å². The smallest absolute Gasteiger partial charge is 0.163 e. The van der Waals surface area contributed by atoms with Crippen molar-refractivity contribution in [3.63, 3.8) is 0 Å². The zero-order chi connectivity index (χ0) is 10.4. The molecule has 0 saturated heterocycles. The zero-order valence-electron chi connectivity index (χ0n) is 7.50. The van der Waals surface area contributed by atoms with E-state index in [1.54, 1.807) is 11.8 Å². The standard InChI is InChI=1S/C9H11ClN2S2/c10-7-1-3-8(4-2-7)14-6-5-12-9(11)13/h1-4H,5-6H2,(H3,11,12,13). The molecule has 0 radical (unpaired) electrons. The van der Waals surface area contributed by atoms with E-state index >= 15 is 0 Å². The van der Waals surface area contributed by atoms with Crippen LogP contribution in [0.25, 0.3) is 0 Å². The third-order valence-electron chi connectivity index (χ3n) is 1.48. The summed E-state index contributed by atoms with van der Waals surface area (Å²) in [6, 6.07) is 7.75. The topological polar surface area (TPSA) is 38.0 Å². The van der Waals surface area contributed by atoms with Crippen molar-refractivity contribution >= 4 is 40.7 Å². The average Bonchev–Trinajstić information content (AvgIpc) is 2.15. The van der Waals surface area contributed by atoms with Gasteiger partial charge in [0.05, 0.1) is 0 Å². The molecule has 0 aliphatic heterocycles. The molecule has 0 atom stereocenters. The summed E-state index contributed by atoms with van der Waals surface area (Å²) in [6.45, 7) is 0.780. The first-order chi connectivity index (χ1) is 6.68. The van der Waals surface area contributed by atoms with Crippen LogP contribution in [0.2, 0.25) is 5.02 Å². The summed E-state index contributed by atoms with van der Waals surface area (Å²) in [4.78, 5) is 1.19. The van der Waals surface area contributed by atoms with Crippen LogP contribution in [-0.4, -0.2) is 17.4 Å². The van der Waals surface area contributed by atoms with Crippen molar-refractivity contribution in [2.75, 3.05) is 12.3 Å². The third-order valence-corrected chi connectivity index (χ3v) is 2.89. The van der Waals surface area contributed by atoms with Crippen LogP contribution in [-0.2, 0) is 0 Å². The molecule has 0 aliphatic carbocycles. The Morgan fingerprint density at radius 1 is 1.43 bits per heavy atom. The molecule has 0 spiro atoms. The summed E-state index contributed by atoms with van der Waals surface area (Å²) in [7, 11) is 0. The third kappa shape index (κ3) is 4.69. The van der Waals surface area contributed by atoms with Crippen molar-refractivity contribution < 1.29 is 0 Å². The van der Waals surface area contributed by atoms with Crippen LogP contribution in [0.15, 0.2) is 29.2 Å². The van der Waals surface area contributed by atoms with E-state index in [0.29, 0.717) is 5.11 Å². The molecule has 1 aromatic rings. The molecule has 76 valence electrons. The molecule has 0 fully saturated rings. The van der Waals surface area contributed by atoms with Gasteiger partial charge in [-0.25, -0.2) is 0 Å². The van der Waals surface area contributed by atoms with Gasteiger partial charge in [-0.05, 0) is 36.5 Å². The first-order valence-corrected chi connectivity index (χ1v) is 5.87. The van der Waals surface area contributed by atoms with E-state index in [1.807, 2.05) is 24.3 Å². The lowest BCUT2D eigenvalue weighted by Gasteiger charge is -2.03. The fourth-order valence-electron chi connectivity index (χ4n) is 0.874. The minimum Gasteiger partial charge on any atom is -0.376 e. The van der Waals surface area contributed by atoms with Crippen LogP contribution in [0.1, 0.15) is 0 Å². The second-order valence-electron chi connectivity index (χ2n) is 2.59. The van der Waals surface area contributed by atoms with Crippen molar-refractivity contribution in [2.24, 2.45) is 5.73 Å². The maximum absolute atomic E-state index is 5.76. The van der Waals surface area contributed by atoms with E-state index in [1.165, 1.54) is 4.90 Å². The second kappa shape index (κ2) is 6.11. The SMILES string of the molecule is NC(=S)NCCSc1ccc(Cl)cc1. The Morgan fingerprint density at radius 3 is 2.64 bits per heavy atom. The van der Waals surface area contributed by atoms with Gasteiger partial charge in [0.2, 0.25) is 0 Å². The first-order valence-electron chi connectivity index (χ1n) is 4.10. The Labute approximate surface area is 98.2 Å². The highest BCUT2D eigenvalue weighted by Crippen LogP contribution is 2.19. The highest BCUT2D eigenvalue weighted by Gasteiger charge is 1.94. The normalized spacial score (nSPS) is 9.79. The lowest BCUT2D eigenvalue weighted by atomic mass is 10.4. The van der Waals surface area contributed by atoms with Crippen LogP contribution in [0.5, 0.6) is 0 Å². The van der Waals surface area contributed by atoms with Crippen LogP contribution in [0.4, 0.5) is 0 Å². The first kappa shape index (κ1) is 11.6. The number of thiocarbonyl (C=S) groups is 1. The molecule has 0 saturated carbocycles. The Bertz CT molecular complexity index is 300. The molecule has 5 heteroatoms. The summed E-state index contributed by atoms with van der Waals surface area (Å²) in [5.74, 6) is 0.930. The van der Waals surface area contributed by atoms with Crippen molar-refractivity contribution in [3.05, 3.63) is 29.3 Å². The van der Waals surface area contributed by atoms with E-state index in [2.05, 4.69) is 17.5 Å². The fourth-order valence-corrected chi connectivity index (χ4v) is 1.87. The van der Waals surface area contributed by atoms with Gasteiger partial charge in [-0.2, -0.15) is 0 Å². The largest absolute Gasteiger partial charge is 0.376 e. The maximum Gasteiger partial charge on any atom is 0.163 e. The summed E-state index contributed by atoms with van der Waals surface area (Å²) < 4.78 is 0. The van der Waals surface area contributed by atoms with Gasteiger partial charge in [0, 0.05) is 22.2 Å². The Morgan fingerprint density at radius 2 is 2.07 bits per heavy atom. The lowest BCUT2D eigenvalue weighted by molar-refractivity contribution is 0.983. The van der Waals surface area contributed by atoms with Gasteiger partial charge in [-0.1, -0.05) is 11.6 Å². The molecule has 2 nitrogen and oxygen atoms in total. The number of rotatable bonds is 4. The van der Waals surface area contributed by atoms with E-state index in [0.717, 1.165) is 17.3 Å². The molecule has 0 unspecified atom stereocenters. The molecule has 1 rings (SSSR count). The van der Waals surface area contributed by atoms with E-state index in [4.69, 9.17) is 17.3 Å². The predicted octanol–water partition coefficient (Wildman–Crippen LogP) is 2.27. The van der Waals surface area contributed by atoms with Crippen molar-refractivity contribution in [1.29, 1.82) is 0 Å². The summed E-state index contributed by atoms with van der Waals surface area (Å²) in [6.07, 6.45) is 0. The van der Waals surface area contributed by atoms with Gasteiger partial charge in [-0.3, -0.25) is 0 Å². The van der Waals surface area contributed by atoms with Gasteiger partial charge >= 0.3 is 0 Å². The quantitative estimate of drug-likeness (QED) is 0.486. The molecule has 3 N–H and O–H groups in total. The van der Waals surface area contributed by atoms with E-state index in [9.17, 15) is 0 Å². The lowest BCUT2D eigenvalue weighted by Crippen LogP contribution is -2.30. The van der Waals surface area contributed by atoms with E-state index < -0.39 is 0 Å². The highest BCUT2D eigenvalue weighted by molar-refractivity contribution is 7.99. The van der Waals surface area contributed by atoms with Gasteiger partial charge in [0.1, 0.15) is 0 Å². The van der Waals surface area contributed by atoms with Crippen molar-refractivity contribution in [3.8, 4) is 0 Å².